The number of nitrogens with two attached hydrogens (primary N) is 1. The number of para-hydroxylation sites is 1. The molecule has 0 aliphatic carbocycles. The molecule has 0 spiro atoms. The van der Waals surface area contributed by atoms with Crippen LogP contribution in [0.5, 0.6) is 5.75 Å². The molecule has 1 aromatic heterocycles. The van der Waals surface area contributed by atoms with Crippen molar-refractivity contribution in [2.24, 2.45) is 5.73 Å². The third-order valence-electron chi connectivity index (χ3n) is 2.28. The summed E-state index contributed by atoms with van der Waals surface area (Å²) < 4.78 is 4.93. The van der Waals surface area contributed by atoms with Crippen LogP contribution in [-0.4, -0.2) is 11.1 Å². The highest BCUT2D eigenvalue weighted by Crippen LogP contribution is 2.20. The maximum Gasteiger partial charge on any atom is 0.409 e. The van der Waals surface area contributed by atoms with E-state index in [-0.39, 0.29) is 12.4 Å². The second-order valence-corrected chi connectivity index (χ2v) is 3.53. The summed E-state index contributed by atoms with van der Waals surface area (Å²) in [5, 5.41) is 0. The first-order valence-corrected chi connectivity index (χ1v) is 5.21. The summed E-state index contributed by atoms with van der Waals surface area (Å²) in [6, 6.07) is 13.0. The van der Waals surface area contributed by atoms with Gasteiger partial charge in [0.2, 0.25) is 0 Å². The molecule has 1 heterocycles. The molecule has 0 aliphatic rings. The molecule has 1 aromatic carbocycles. The second-order valence-electron chi connectivity index (χ2n) is 3.53. The lowest BCUT2D eigenvalue weighted by Crippen LogP contribution is -2.17. The third kappa shape index (κ3) is 3.75. The summed E-state index contributed by atoms with van der Waals surface area (Å²) in [6.45, 7) is 0. The van der Waals surface area contributed by atoms with Crippen LogP contribution in [0.1, 0.15) is 11.3 Å². The van der Waals surface area contributed by atoms with Crippen molar-refractivity contribution in [2.45, 2.75) is 6.42 Å². The van der Waals surface area contributed by atoms with E-state index < -0.39 is 6.09 Å². The van der Waals surface area contributed by atoms with E-state index in [1.54, 1.807) is 18.3 Å². The Hall–Kier alpha value is -2.07. The molecule has 4 nitrogen and oxygen atoms in total. The maximum absolute atomic E-state index is 10.8. The van der Waals surface area contributed by atoms with E-state index in [4.69, 9.17) is 10.5 Å². The molecule has 0 aliphatic heterocycles. The Morgan fingerprint density at radius 3 is 2.56 bits per heavy atom. The van der Waals surface area contributed by atoms with E-state index in [0.29, 0.717) is 12.2 Å². The number of aromatic nitrogens is 1. The van der Waals surface area contributed by atoms with E-state index in [1.807, 2.05) is 30.3 Å². The zero-order valence-electron chi connectivity index (χ0n) is 9.58. The molecule has 2 N–H and O–H groups in total. The van der Waals surface area contributed by atoms with E-state index in [0.717, 1.165) is 11.3 Å². The molecule has 5 heteroatoms. The topological polar surface area (TPSA) is 65.2 Å². The molecule has 2 rings (SSSR count). The Bertz CT molecular complexity index is 517. The van der Waals surface area contributed by atoms with Gasteiger partial charge in [-0.2, -0.15) is 0 Å². The molecule has 2 aromatic rings. The fraction of sp³-hybridized carbons (Fsp3) is 0.0769. The number of carbonyl (C=O) groups is 1. The third-order valence-corrected chi connectivity index (χ3v) is 2.28. The summed E-state index contributed by atoms with van der Waals surface area (Å²) >= 11 is 0. The number of hydrogen-bond donors (Lipinski definition) is 1. The van der Waals surface area contributed by atoms with Gasteiger partial charge in [0.15, 0.2) is 0 Å². The highest BCUT2D eigenvalue weighted by atomic mass is 35.5. The average Bonchev–Trinajstić information content (AvgIpc) is 2.32. The van der Waals surface area contributed by atoms with Gasteiger partial charge in [0.05, 0.1) is 0 Å². The van der Waals surface area contributed by atoms with Crippen molar-refractivity contribution in [1.82, 2.24) is 4.98 Å². The second kappa shape index (κ2) is 6.61. The van der Waals surface area contributed by atoms with E-state index in [1.165, 1.54) is 0 Å². The molecule has 0 saturated carbocycles. The van der Waals surface area contributed by atoms with Crippen molar-refractivity contribution in [3.8, 4) is 5.75 Å². The van der Waals surface area contributed by atoms with Gasteiger partial charge in [-0.25, -0.2) is 4.79 Å². The van der Waals surface area contributed by atoms with Crippen molar-refractivity contribution < 1.29 is 9.53 Å². The van der Waals surface area contributed by atoms with Crippen LogP contribution in [0.2, 0.25) is 0 Å². The number of benzene rings is 1. The Morgan fingerprint density at radius 2 is 1.89 bits per heavy atom. The minimum absolute atomic E-state index is 0. The van der Waals surface area contributed by atoms with Gasteiger partial charge in [0.1, 0.15) is 5.75 Å². The molecule has 0 saturated heterocycles. The molecule has 0 unspecified atom stereocenters. The first kappa shape index (κ1) is 14.0. The number of pyridine rings is 1. The van der Waals surface area contributed by atoms with Gasteiger partial charge in [-0.05, 0) is 18.2 Å². The number of halogens is 1. The van der Waals surface area contributed by atoms with Gasteiger partial charge in [-0.3, -0.25) is 4.98 Å². The van der Waals surface area contributed by atoms with Gasteiger partial charge < -0.3 is 10.5 Å². The molecular weight excluding hydrogens is 252 g/mol. The summed E-state index contributed by atoms with van der Waals surface area (Å²) in [5.41, 5.74) is 6.80. The monoisotopic (exact) mass is 264 g/mol. The largest absolute Gasteiger partial charge is 0.410 e. The number of carbonyl (C=O) groups excluding carboxylic acids is 1. The quantitative estimate of drug-likeness (QED) is 0.926. The number of nitrogens with zero attached hydrogens (tertiary/aromatic N) is 1. The zero-order valence-corrected chi connectivity index (χ0v) is 10.4. The minimum atomic E-state index is -0.807. The summed E-state index contributed by atoms with van der Waals surface area (Å²) in [6.07, 6.45) is 1.52. The van der Waals surface area contributed by atoms with Crippen LogP contribution in [-0.2, 0) is 6.42 Å². The predicted molar refractivity (Wildman–Crippen MR) is 70.9 cm³/mol. The van der Waals surface area contributed by atoms with Crippen LogP contribution >= 0.6 is 12.4 Å². The normalized spacial score (nSPS) is 9.33. The first-order chi connectivity index (χ1) is 8.25. The lowest BCUT2D eigenvalue weighted by Gasteiger charge is -2.07. The van der Waals surface area contributed by atoms with Crippen LogP contribution < -0.4 is 10.5 Å². The summed E-state index contributed by atoms with van der Waals surface area (Å²) in [4.78, 5) is 15.0. The molecule has 1 amide bonds. The van der Waals surface area contributed by atoms with Crippen molar-refractivity contribution in [1.29, 1.82) is 0 Å². The lowest BCUT2D eigenvalue weighted by molar-refractivity contribution is 0.210. The van der Waals surface area contributed by atoms with Crippen LogP contribution in [0.25, 0.3) is 0 Å². The summed E-state index contributed by atoms with van der Waals surface area (Å²) in [5.74, 6) is 0.477. The molecule has 0 radical (unpaired) electrons. The number of amides is 1. The Balaban J connectivity index is 0.00000162. The van der Waals surface area contributed by atoms with E-state index >= 15 is 0 Å². The van der Waals surface area contributed by atoms with Crippen LogP contribution in [0.4, 0.5) is 4.79 Å². The lowest BCUT2D eigenvalue weighted by atomic mass is 10.1. The minimum Gasteiger partial charge on any atom is -0.410 e. The van der Waals surface area contributed by atoms with E-state index in [9.17, 15) is 4.79 Å². The van der Waals surface area contributed by atoms with Crippen molar-refractivity contribution in [2.75, 3.05) is 0 Å². The Morgan fingerprint density at radius 1 is 1.17 bits per heavy atom. The number of hydrogen-bond acceptors (Lipinski definition) is 3. The fourth-order valence-corrected chi connectivity index (χ4v) is 1.56. The molecule has 0 bridgehead atoms. The predicted octanol–water partition coefficient (Wildman–Crippen LogP) is 2.55. The number of ether oxygens (including phenoxy) is 1. The average molecular weight is 265 g/mol. The molecular formula is C13H13ClN2O2. The zero-order chi connectivity index (χ0) is 12.1. The number of primary amides is 1. The Labute approximate surface area is 111 Å². The van der Waals surface area contributed by atoms with Gasteiger partial charge in [0, 0.05) is 23.9 Å². The Kier molecular flexibility index (Phi) is 5.14. The van der Waals surface area contributed by atoms with Crippen molar-refractivity contribution in [3.05, 3.63) is 59.9 Å². The highest BCUT2D eigenvalue weighted by molar-refractivity contribution is 5.85. The molecule has 0 fully saturated rings. The highest BCUT2D eigenvalue weighted by Gasteiger charge is 2.06. The number of rotatable bonds is 3. The smallest absolute Gasteiger partial charge is 0.409 e. The van der Waals surface area contributed by atoms with Crippen LogP contribution in [0.3, 0.4) is 0 Å². The first-order valence-electron chi connectivity index (χ1n) is 5.21. The SMILES string of the molecule is Cl.NC(=O)Oc1ccccc1Cc1ccccn1. The maximum atomic E-state index is 10.8. The molecule has 18 heavy (non-hydrogen) atoms. The standard InChI is InChI=1S/C13H12N2O2.ClH/c14-13(16)17-12-7-2-1-5-10(12)9-11-6-3-4-8-15-11;/h1-8H,9H2,(H2,14,16);1H. The summed E-state index contributed by atoms with van der Waals surface area (Å²) in [7, 11) is 0. The molecule has 0 atom stereocenters. The van der Waals surface area contributed by atoms with Crippen molar-refractivity contribution >= 4 is 18.5 Å². The van der Waals surface area contributed by atoms with Crippen molar-refractivity contribution in [3.63, 3.8) is 0 Å². The van der Waals surface area contributed by atoms with Gasteiger partial charge in [0.25, 0.3) is 0 Å². The van der Waals surface area contributed by atoms with E-state index in [2.05, 4.69) is 4.98 Å². The molecule has 94 valence electrons. The van der Waals surface area contributed by atoms with Gasteiger partial charge in [-0.15, -0.1) is 12.4 Å². The fourth-order valence-electron chi connectivity index (χ4n) is 1.56. The van der Waals surface area contributed by atoms with Gasteiger partial charge >= 0.3 is 6.09 Å². The van der Waals surface area contributed by atoms with Gasteiger partial charge in [-0.1, -0.05) is 24.3 Å². The van der Waals surface area contributed by atoms with Crippen LogP contribution in [0.15, 0.2) is 48.7 Å². The van der Waals surface area contributed by atoms with Crippen LogP contribution in [0, 0.1) is 0 Å².